The molecular formula is C8H10O2. The van der Waals surface area contributed by atoms with Gasteiger partial charge in [-0.25, -0.2) is 4.79 Å². The third-order valence-electron chi connectivity index (χ3n) is 0.852. The van der Waals surface area contributed by atoms with Crippen LogP contribution in [0.1, 0.15) is 13.8 Å². The van der Waals surface area contributed by atoms with Crippen LogP contribution in [0, 0.1) is 11.8 Å². The lowest BCUT2D eigenvalue weighted by Crippen LogP contribution is -2.09. The molecule has 0 rings (SSSR count). The zero-order valence-electron chi connectivity index (χ0n) is 6.18. The molecule has 1 unspecified atom stereocenters. The summed E-state index contributed by atoms with van der Waals surface area (Å²) in [4.78, 5) is 10.6. The minimum Gasteiger partial charge on any atom is -0.449 e. The van der Waals surface area contributed by atoms with Crippen molar-refractivity contribution in [2.45, 2.75) is 20.0 Å². The van der Waals surface area contributed by atoms with Crippen molar-refractivity contribution in [1.82, 2.24) is 0 Å². The number of carbonyl (C=O) groups excluding carboxylic acids is 1. The molecular weight excluding hydrogens is 128 g/mol. The van der Waals surface area contributed by atoms with Crippen LogP contribution in [0.5, 0.6) is 0 Å². The maximum absolute atomic E-state index is 10.6. The second-order valence-electron chi connectivity index (χ2n) is 1.72. The van der Waals surface area contributed by atoms with Gasteiger partial charge in [0.15, 0.2) is 0 Å². The molecule has 0 aromatic heterocycles. The molecule has 0 aromatic rings. The largest absolute Gasteiger partial charge is 0.449 e. The van der Waals surface area contributed by atoms with Crippen LogP contribution in [0.4, 0.5) is 0 Å². The van der Waals surface area contributed by atoms with Crippen molar-refractivity contribution in [3.63, 3.8) is 0 Å². The van der Waals surface area contributed by atoms with Crippen molar-refractivity contribution in [3.05, 3.63) is 12.7 Å². The van der Waals surface area contributed by atoms with Gasteiger partial charge >= 0.3 is 5.97 Å². The number of esters is 1. The van der Waals surface area contributed by atoms with Crippen LogP contribution < -0.4 is 0 Å². The summed E-state index contributed by atoms with van der Waals surface area (Å²) in [6.45, 7) is 6.76. The maximum Gasteiger partial charge on any atom is 0.384 e. The zero-order valence-corrected chi connectivity index (χ0v) is 6.18. The molecule has 0 saturated carbocycles. The van der Waals surface area contributed by atoms with E-state index in [2.05, 4.69) is 18.4 Å². The van der Waals surface area contributed by atoms with Gasteiger partial charge in [0.1, 0.15) is 6.10 Å². The molecule has 0 aliphatic heterocycles. The fourth-order valence-corrected chi connectivity index (χ4v) is 0.348. The Balaban J connectivity index is 3.75. The molecule has 2 heteroatoms. The Kier molecular flexibility index (Phi) is 4.06. The lowest BCUT2D eigenvalue weighted by molar-refractivity contribution is -0.139. The molecule has 1 atom stereocenters. The molecule has 10 heavy (non-hydrogen) atoms. The van der Waals surface area contributed by atoms with E-state index in [1.165, 1.54) is 6.08 Å². The van der Waals surface area contributed by atoms with Crippen LogP contribution in [0.2, 0.25) is 0 Å². The molecule has 0 saturated heterocycles. The second-order valence-corrected chi connectivity index (χ2v) is 1.72. The number of ether oxygens (including phenoxy) is 1. The Morgan fingerprint density at radius 1 is 1.80 bits per heavy atom. The van der Waals surface area contributed by atoms with Crippen molar-refractivity contribution < 1.29 is 9.53 Å². The highest BCUT2D eigenvalue weighted by Crippen LogP contribution is 1.90. The van der Waals surface area contributed by atoms with Crippen molar-refractivity contribution in [2.75, 3.05) is 0 Å². The molecule has 0 fully saturated rings. The van der Waals surface area contributed by atoms with E-state index in [1.807, 2.05) is 0 Å². The van der Waals surface area contributed by atoms with Crippen LogP contribution in [0.15, 0.2) is 12.7 Å². The molecule has 2 nitrogen and oxygen atoms in total. The van der Waals surface area contributed by atoms with Crippen molar-refractivity contribution in [3.8, 4) is 11.8 Å². The van der Waals surface area contributed by atoms with Crippen LogP contribution in [0.25, 0.3) is 0 Å². The summed E-state index contributed by atoms with van der Waals surface area (Å²) in [5, 5.41) is 0. The van der Waals surface area contributed by atoms with E-state index in [-0.39, 0.29) is 6.10 Å². The first-order chi connectivity index (χ1) is 4.70. The van der Waals surface area contributed by atoms with Crippen LogP contribution in [0.3, 0.4) is 0 Å². The van der Waals surface area contributed by atoms with Crippen molar-refractivity contribution in [1.29, 1.82) is 0 Å². The average Bonchev–Trinajstić information content (AvgIpc) is 1.88. The highest BCUT2D eigenvalue weighted by Gasteiger charge is 2.00. The van der Waals surface area contributed by atoms with Gasteiger partial charge in [-0.15, -0.1) is 0 Å². The lowest BCUT2D eigenvalue weighted by Gasteiger charge is -2.02. The van der Waals surface area contributed by atoms with Gasteiger partial charge in [0, 0.05) is 5.92 Å². The van der Waals surface area contributed by atoms with Gasteiger partial charge in [0.25, 0.3) is 0 Å². The SMILES string of the molecule is C=CC(C)OC(=O)C#CC. The third kappa shape index (κ3) is 3.73. The zero-order chi connectivity index (χ0) is 7.98. The van der Waals surface area contributed by atoms with Gasteiger partial charge in [0.05, 0.1) is 0 Å². The minimum absolute atomic E-state index is 0.256. The number of hydrogen-bond acceptors (Lipinski definition) is 2. The van der Waals surface area contributed by atoms with Crippen molar-refractivity contribution >= 4 is 5.97 Å². The monoisotopic (exact) mass is 138 g/mol. The first-order valence-electron chi connectivity index (χ1n) is 2.96. The van der Waals surface area contributed by atoms with E-state index in [9.17, 15) is 4.79 Å². The van der Waals surface area contributed by atoms with Gasteiger partial charge < -0.3 is 4.74 Å². The predicted octanol–water partition coefficient (Wildman–Crippen LogP) is 1.13. The van der Waals surface area contributed by atoms with Gasteiger partial charge in [0.2, 0.25) is 0 Å². The standard InChI is InChI=1S/C8H10O2/c1-4-6-8(9)10-7(3)5-2/h5,7H,2H2,1,3H3. The summed E-state index contributed by atoms with van der Waals surface area (Å²) < 4.78 is 4.71. The second kappa shape index (κ2) is 4.63. The summed E-state index contributed by atoms with van der Waals surface area (Å²) in [5.74, 6) is 4.19. The van der Waals surface area contributed by atoms with Crippen LogP contribution in [-0.2, 0) is 9.53 Å². The Bertz CT molecular complexity index is 183. The highest BCUT2D eigenvalue weighted by atomic mass is 16.5. The molecule has 0 heterocycles. The van der Waals surface area contributed by atoms with E-state index in [1.54, 1.807) is 13.8 Å². The Hall–Kier alpha value is -1.23. The van der Waals surface area contributed by atoms with Crippen molar-refractivity contribution in [2.24, 2.45) is 0 Å². The minimum atomic E-state index is -0.505. The summed E-state index contributed by atoms with van der Waals surface area (Å²) in [7, 11) is 0. The summed E-state index contributed by atoms with van der Waals surface area (Å²) in [6, 6.07) is 0. The fraction of sp³-hybridized carbons (Fsp3) is 0.375. The van der Waals surface area contributed by atoms with Crippen LogP contribution in [-0.4, -0.2) is 12.1 Å². The smallest absolute Gasteiger partial charge is 0.384 e. The molecule has 0 radical (unpaired) electrons. The first-order valence-corrected chi connectivity index (χ1v) is 2.96. The maximum atomic E-state index is 10.6. The van der Waals surface area contributed by atoms with Gasteiger partial charge in [-0.05, 0) is 13.8 Å². The normalized spacial score (nSPS) is 10.6. The Morgan fingerprint density at radius 3 is 2.80 bits per heavy atom. The molecule has 0 aliphatic carbocycles. The molecule has 54 valence electrons. The fourth-order valence-electron chi connectivity index (χ4n) is 0.348. The molecule has 0 spiro atoms. The topological polar surface area (TPSA) is 26.3 Å². The average molecular weight is 138 g/mol. The van der Waals surface area contributed by atoms with Gasteiger partial charge in [-0.3, -0.25) is 0 Å². The Morgan fingerprint density at radius 2 is 2.40 bits per heavy atom. The Labute approximate surface area is 60.9 Å². The van der Waals surface area contributed by atoms with Crippen LogP contribution >= 0.6 is 0 Å². The number of hydrogen-bond donors (Lipinski definition) is 0. The third-order valence-corrected chi connectivity index (χ3v) is 0.852. The quantitative estimate of drug-likeness (QED) is 0.247. The van der Waals surface area contributed by atoms with E-state index < -0.39 is 5.97 Å². The molecule has 0 amide bonds. The van der Waals surface area contributed by atoms with E-state index in [0.29, 0.717) is 0 Å². The van der Waals surface area contributed by atoms with E-state index in [0.717, 1.165) is 0 Å². The van der Waals surface area contributed by atoms with E-state index >= 15 is 0 Å². The lowest BCUT2D eigenvalue weighted by atomic mass is 10.4. The highest BCUT2D eigenvalue weighted by molar-refractivity contribution is 5.88. The molecule has 0 aromatic carbocycles. The molecule has 0 bridgehead atoms. The van der Waals surface area contributed by atoms with E-state index in [4.69, 9.17) is 4.74 Å². The summed E-state index contributed by atoms with van der Waals surface area (Å²) in [6.07, 6.45) is 1.28. The summed E-state index contributed by atoms with van der Waals surface area (Å²) in [5.41, 5.74) is 0. The molecule has 0 aliphatic rings. The first kappa shape index (κ1) is 8.77. The summed E-state index contributed by atoms with van der Waals surface area (Å²) >= 11 is 0. The molecule has 0 N–H and O–H groups in total. The predicted molar refractivity (Wildman–Crippen MR) is 39.2 cm³/mol. The van der Waals surface area contributed by atoms with Gasteiger partial charge in [-0.2, -0.15) is 0 Å². The van der Waals surface area contributed by atoms with Gasteiger partial charge in [-0.1, -0.05) is 18.6 Å². The number of carbonyl (C=O) groups is 1. The number of rotatable bonds is 2.